The van der Waals surface area contributed by atoms with E-state index in [2.05, 4.69) is 62.2 Å². The van der Waals surface area contributed by atoms with Crippen LogP contribution in [0.5, 0.6) is 0 Å². The molecule has 0 saturated carbocycles. The van der Waals surface area contributed by atoms with Crippen LogP contribution in [0.2, 0.25) is 0 Å². The summed E-state index contributed by atoms with van der Waals surface area (Å²) in [5.74, 6) is 0.381. The first-order chi connectivity index (χ1) is 14.9. The van der Waals surface area contributed by atoms with E-state index in [-0.39, 0.29) is 16.9 Å². The van der Waals surface area contributed by atoms with E-state index in [4.69, 9.17) is 0 Å². The van der Waals surface area contributed by atoms with E-state index in [1.165, 1.54) is 23.4 Å². The summed E-state index contributed by atoms with van der Waals surface area (Å²) in [6, 6.07) is 8.10. The standard InChI is InChI=1S/C23H29N5O4/c1-14(2)26-21-9-15(3)17(10-19(21)16(4)12-23(26,5)6)13-24-25-20-8-7-18(27(29)30)11-22(20)28(31)32/h7-11,13-14,16,25H,12H2,1-6H3/b24-13-/t16-/m1/s1. The molecular formula is C23H29N5O4. The first-order valence-electron chi connectivity index (χ1n) is 10.6. The van der Waals surface area contributed by atoms with Crippen LogP contribution >= 0.6 is 0 Å². The number of anilines is 2. The Balaban J connectivity index is 1.92. The zero-order valence-electron chi connectivity index (χ0n) is 19.2. The Morgan fingerprint density at radius 2 is 1.88 bits per heavy atom. The molecule has 0 amide bonds. The number of non-ortho nitro benzene ring substituents is 1. The average Bonchev–Trinajstić information content (AvgIpc) is 2.67. The van der Waals surface area contributed by atoms with Gasteiger partial charge in [-0.15, -0.1) is 0 Å². The minimum atomic E-state index is -0.668. The lowest BCUT2D eigenvalue weighted by Gasteiger charge is -2.50. The summed E-state index contributed by atoms with van der Waals surface area (Å²) in [7, 11) is 0. The molecule has 0 spiro atoms. The van der Waals surface area contributed by atoms with Gasteiger partial charge in [-0.05, 0) is 81.8 Å². The number of nitro groups is 2. The van der Waals surface area contributed by atoms with Gasteiger partial charge in [-0.25, -0.2) is 0 Å². The number of nitro benzene ring substituents is 2. The highest BCUT2D eigenvalue weighted by Gasteiger charge is 2.37. The van der Waals surface area contributed by atoms with Crippen molar-refractivity contribution in [2.75, 3.05) is 10.3 Å². The van der Waals surface area contributed by atoms with E-state index in [0.29, 0.717) is 12.0 Å². The van der Waals surface area contributed by atoms with Gasteiger partial charge in [0.25, 0.3) is 5.69 Å². The molecule has 9 nitrogen and oxygen atoms in total. The molecule has 0 aromatic heterocycles. The predicted molar refractivity (Wildman–Crippen MR) is 127 cm³/mol. The van der Waals surface area contributed by atoms with E-state index in [9.17, 15) is 20.2 Å². The molecule has 0 aliphatic carbocycles. The summed E-state index contributed by atoms with van der Waals surface area (Å²) < 4.78 is 0. The minimum absolute atomic E-state index is 0.0546. The minimum Gasteiger partial charge on any atom is -0.364 e. The molecule has 1 atom stereocenters. The lowest BCUT2D eigenvalue weighted by Crippen LogP contribution is -2.51. The lowest BCUT2D eigenvalue weighted by molar-refractivity contribution is -0.393. The number of fused-ring (bicyclic) bond motifs is 1. The zero-order valence-corrected chi connectivity index (χ0v) is 19.2. The van der Waals surface area contributed by atoms with Crippen LogP contribution in [0.4, 0.5) is 22.7 Å². The van der Waals surface area contributed by atoms with Crippen molar-refractivity contribution < 1.29 is 9.85 Å². The third-order valence-corrected chi connectivity index (χ3v) is 5.96. The van der Waals surface area contributed by atoms with Gasteiger partial charge in [-0.3, -0.25) is 25.7 Å². The van der Waals surface area contributed by atoms with Gasteiger partial charge in [0.1, 0.15) is 5.69 Å². The molecule has 0 radical (unpaired) electrons. The Hall–Kier alpha value is -3.49. The Morgan fingerprint density at radius 1 is 1.19 bits per heavy atom. The summed E-state index contributed by atoms with van der Waals surface area (Å²) in [6.07, 6.45) is 2.66. The van der Waals surface area contributed by atoms with Gasteiger partial charge in [-0.2, -0.15) is 5.10 Å². The first-order valence-corrected chi connectivity index (χ1v) is 10.6. The van der Waals surface area contributed by atoms with Crippen LogP contribution in [0.15, 0.2) is 35.4 Å². The average molecular weight is 440 g/mol. The number of aryl methyl sites for hydroxylation is 1. The third-order valence-electron chi connectivity index (χ3n) is 5.96. The van der Waals surface area contributed by atoms with Crippen molar-refractivity contribution >= 4 is 29.0 Å². The van der Waals surface area contributed by atoms with Crippen LogP contribution in [0.3, 0.4) is 0 Å². The van der Waals surface area contributed by atoms with Crippen molar-refractivity contribution in [1.29, 1.82) is 0 Å². The summed E-state index contributed by atoms with van der Waals surface area (Å²) in [6.45, 7) is 13.2. The highest BCUT2D eigenvalue weighted by Crippen LogP contribution is 2.45. The molecule has 0 saturated heterocycles. The van der Waals surface area contributed by atoms with Crippen molar-refractivity contribution in [3.8, 4) is 0 Å². The summed E-state index contributed by atoms with van der Waals surface area (Å²) in [5.41, 5.74) is 6.51. The van der Waals surface area contributed by atoms with Crippen molar-refractivity contribution in [2.45, 2.75) is 65.5 Å². The Bertz CT molecular complexity index is 1090. The van der Waals surface area contributed by atoms with E-state index in [1.807, 2.05) is 6.92 Å². The van der Waals surface area contributed by atoms with Crippen molar-refractivity contribution in [2.24, 2.45) is 5.10 Å². The number of hydrogen-bond acceptors (Lipinski definition) is 7. The van der Waals surface area contributed by atoms with Gasteiger partial charge >= 0.3 is 5.69 Å². The quantitative estimate of drug-likeness (QED) is 0.348. The van der Waals surface area contributed by atoms with Gasteiger partial charge in [0.05, 0.1) is 22.1 Å². The molecular weight excluding hydrogens is 410 g/mol. The molecule has 1 aliphatic heterocycles. The summed E-state index contributed by atoms with van der Waals surface area (Å²) in [5, 5.41) is 26.4. The molecule has 1 aliphatic rings. The largest absolute Gasteiger partial charge is 0.364 e. The maximum Gasteiger partial charge on any atom is 0.301 e. The molecule has 1 N–H and O–H groups in total. The molecule has 0 bridgehead atoms. The predicted octanol–water partition coefficient (Wildman–Crippen LogP) is 5.76. The second-order valence-corrected chi connectivity index (χ2v) is 9.23. The normalized spacial score (nSPS) is 17.5. The Kier molecular flexibility index (Phi) is 6.20. The van der Waals surface area contributed by atoms with Crippen LogP contribution in [0, 0.1) is 27.2 Å². The second-order valence-electron chi connectivity index (χ2n) is 9.23. The molecule has 2 aromatic carbocycles. The SMILES string of the molecule is Cc1cc2c(cc1/C=N\Nc1ccc([N+](=O)[O-])cc1[N+](=O)[O-])[C@H](C)CC(C)(C)N2C(C)C. The molecule has 2 aromatic rings. The van der Waals surface area contributed by atoms with Gasteiger partial charge in [-0.1, -0.05) is 6.92 Å². The number of benzene rings is 2. The van der Waals surface area contributed by atoms with E-state index < -0.39 is 15.5 Å². The number of hydrazone groups is 1. The third kappa shape index (κ3) is 4.42. The highest BCUT2D eigenvalue weighted by atomic mass is 16.6. The number of rotatable bonds is 6. The zero-order chi connectivity index (χ0) is 23.8. The van der Waals surface area contributed by atoms with Gasteiger partial charge in [0.2, 0.25) is 0 Å². The maximum absolute atomic E-state index is 11.3. The first kappa shape index (κ1) is 23.2. The monoisotopic (exact) mass is 439 g/mol. The molecule has 0 fully saturated rings. The second kappa shape index (κ2) is 8.57. The van der Waals surface area contributed by atoms with Crippen LogP contribution in [-0.2, 0) is 0 Å². The fourth-order valence-electron chi connectivity index (χ4n) is 4.78. The van der Waals surface area contributed by atoms with Crippen molar-refractivity contribution in [3.05, 3.63) is 67.3 Å². The number of nitrogens with zero attached hydrogens (tertiary/aromatic N) is 4. The van der Waals surface area contributed by atoms with Crippen LogP contribution < -0.4 is 10.3 Å². The molecule has 1 heterocycles. The molecule has 9 heteroatoms. The smallest absolute Gasteiger partial charge is 0.301 e. The van der Waals surface area contributed by atoms with E-state index >= 15 is 0 Å². The topological polar surface area (TPSA) is 114 Å². The van der Waals surface area contributed by atoms with Crippen molar-refractivity contribution in [1.82, 2.24) is 0 Å². The van der Waals surface area contributed by atoms with Crippen LogP contribution in [0.25, 0.3) is 0 Å². The summed E-state index contributed by atoms with van der Waals surface area (Å²) >= 11 is 0. The van der Waals surface area contributed by atoms with E-state index in [0.717, 1.165) is 23.6 Å². The lowest BCUT2D eigenvalue weighted by atomic mass is 9.78. The van der Waals surface area contributed by atoms with Crippen LogP contribution in [-0.4, -0.2) is 27.6 Å². The number of nitrogens with one attached hydrogen (secondary N) is 1. The maximum atomic E-state index is 11.3. The molecule has 3 rings (SSSR count). The van der Waals surface area contributed by atoms with Gasteiger partial charge in [0.15, 0.2) is 0 Å². The fraction of sp³-hybridized carbons (Fsp3) is 0.435. The molecule has 32 heavy (non-hydrogen) atoms. The van der Waals surface area contributed by atoms with Crippen LogP contribution in [0.1, 0.15) is 63.6 Å². The van der Waals surface area contributed by atoms with E-state index in [1.54, 1.807) is 6.21 Å². The molecule has 0 unspecified atom stereocenters. The van der Waals surface area contributed by atoms with Gasteiger partial charge in [0, 0.05) is 23.3 Å². The highest BCUT2D eigenvalue weighted by molar-refractivity contribution is 5.85. The fourth-order valence-corrected chi connectivity index (χ4v) is 4.78. The molecule has 170 valence electrons. The summed E-state index contributed by atoms with van der Waals surface area (Å²) in [4.78, 5) is 23.3. The van der Waals surface area contributed by atoms with Gasteiger partial charge < -0.3 is 4.90 Å². The number of hydrogen-bond donors (Lipinski definition) is 1. The Morgan fingerprint density at radius 3 is 2.47 bits per heavy atom. The van der Waals surface area contributed by atoms with Crippen molar-refractivity contribution in [3.63, 3.8) is 0 Å². The Labute approximate surface area is 187 Å².